The van der Waals surface area contributed by atoms with Crippen LogP contribution in [0.1, 0.15) is 26.3 Å². The highest BCUT2D eigenvalue weighted by Gasteiger charge is 2.33. The number of methoxy groups -OCH3 is 1. The molecule has 0 unspecified atom stereocenters. The van der Waals surface area contributed by atoms with E-state index in [1.165, 1.54) is 60.5 Å². The van der Waals surface area contributed by atoms with Crippen LogP contribution >= 0.6 is 0 Å². The van der Waals surface area contributed by atoms with Crippen LogP contribution in [0.25, 0.3) is 0 Å². The molecule has 0 saturated carbocycles. The van der Waals surface area contributed by atoms with Crippen molar-refractivity contribution in [3.05, 3.63) is 71.4 Å². The maximum absolute atomic E-state index is 13.1. The van der Waals surface area contributed by atoms with E-state index in [1.54, 1.807) is 7.05 Å². The van der Waals surface area contributed by atoms with Crippen LogP contribution in [0.15, 0.2) is 54.7 Å². The number of alkyl halides is 3. The highest BCUT2D eigenvalue weighted by atomic mass is 19.4. The van der Waals surface area contributed by atoms with E-state index in [2.05, 4.69) is 15.7 Å². The summed E-state index contributed by atoms with van der Waals surface area (Å²) >= 11 is 0. The number of hydrogen-bond donors (Lipinski definition) is 2. The van der Waals surface area contributed by atoms with E-state index in [4.69, 9.17) is 4.74 Å². The number of carbonyl (C=O) groups is 2. The van der Waals surface area contributed by atoms with Crippen molar-refractivity contribution in [1.82, 2.24) is 9.78 Å². The van der Waals surface area contributed by atoms with E-state index >= 15 is 0 Å². The lowest BCUT2D eigenvalue weighted by Crippen LogP contribution is -2.17. The Morgan fingerprint density at radius 2 is 1.67 bits per heavy atom. The second-order valence-electron chi connectivity index (χ2n) is 6.25. The first-order valence-electron chi connectivity index (χ1n) is 8.65. The predicted molar refractivity (Wildman–Crippen MR) is 104 cm³/mol. The number of aromatic nitrogens is 2. The van der Waals surface area contributed by atoms with Gasteiger partial charge in [-0.25, -0.2) is 0 Å². The van der Waals surface area contributed by atoms with Gasteiger partial charge in [0.25, 0.3) is 11.8 Å². The number of para-hydroxylation sites is 1. The molecule has 0 aliphatic rings. The van der Waals surface area contributed by atoms with Crippen molar-refractivity contribution < 1.29 is 27.5 Å². The normalized spacial score (nSPS) is 11.1. The van der Waals surface area contributed by atoms with Gasteiger partial charge in [-0.05, 0) is 36.4 Å². The SMILES string of the molecule is COc1nn(C)cc1C(=O)Nc1ccc(C(=O)Nc2ccccc2C(F)(F)F)cc1. The monoisotopic (exact) mass is 418 g/mol. The number of halogens is 3. The maximum atomic E-state index is 13.1. The summed E-state index contributed by atoms with van der Waals surface area (Å²) in [5.74, 6) is -1.01. The summed E-state index contributed by atoms with van der Waals surface area (Å²) in [6, 6.07) is 10.4. The minimum atomic E-state index is -4.59. The summed E-state index contributed by atoms with van der Waals surface area (Å²) in [5.41, 5.74) is -0.531. The summed E-state index contributed by atoms with van der Waals surface area (Å²) in [5, 5.41) is 8.90. The molecule has 0 radical (unpaired) electrons. The lowest BCUT2D eigenvalue weighted by molar-refractivity contribution is -0.136. The van der Waals surface area contributed by atoms with Gasteiger partial charge < -0.3 is 15.4 Å². The van der Waals surface area contributed by atoms with Crippen molar-refractivity contribution in [2.24, 2.45) is 7.05 Å². The first kappa shape index (κ1) is 20.9. The van der Waals surface area contributed by atoms with Crippen molar-refractivity contribution in [3.63, 3.8) is 0 Å². The number of aryl methyl sites for hydroxylation is 1. The Morgan fingerprint density at radius 1 is 1.00 bits per heavy atom. The molecule has 2 aromatic carbocycles. The van der Waals surface area contributed by atoms with Crippen molar-refractivity contribution in [2.75, 3.05) is 17.7 Å². The fraction of sp³-hybridized carbons (Fsp3) is 0.150. The van der Waals surface area contributed by atoms with Gasteiger partial charge in [-0.3, -0.25) is 14.3 Å². The average molecular weight is 418 g/mol. The number of rotatable bonds is 5. The van der Waals surface area contributed by atoms with Crippen molar-refractivity contribution in [3.8, 4) is 5.88 Å². The number of hydrogen-bond acceptors (Lipinski definition) is 4. The molecular formula is C20H17F3N4O3. The molecule has 30 heavy (non-hydrogen) atoms. The number of nitrogens with one attached hydrogen (secondary N) is 2. The molecule has 7 nitrogen and oxygen atoms in total. The fourth-order valence-electron chi connectivity index (χ4n) is 2.71. The van der Waals surface area contributed by atoms with Gasteiger partial charge in [-0.2, -0.15) is 13.2 Å². The summed E-state index contributed by atoms with van der Waals surface area (Å²) in [7, 11) is 3.03. The molecule has 0 bridgehead atoms. The molecule has 156 valence electrons. The van der Waals surface area contributed by atoms with Crippen molar-refractivity contribution >= 4 is 23.2 Å². The summed E-state index contributed by atoms with van der Waals surface area (Å²) in [6.45, 7) is 0. The van der Waals surface area contributed by atoms with E-state index in [1.807, 2.05) is 0 Å². The maximum Gasteiger partial charge on any atom is 0.418 e. The molecule has 0 aliphatic carbocycles. The second kappa shape index (κ2) is 8.27. The van der Waals surface area contributed by atoms with Gasteiger partial charge in [0.05, 0.1) is 18.4 Å². The second-order valence-corrected chi connectivity index (χ2v) is 6.25. The molecule has 0 spiro atoms. The van der Waals surface area contributed by atoms with Crippen LogP contribution in [0.5, 0.6) is 5.88 Å². The van der Waals surface area contributed by atoms with E-state index in [0.717, 1.165) is 6.07 Å². The van der Waals surface area contributed by atoms with Gasteiger partial charge in [0.15, 0.2) is 0 Å². The van der Waals surface area contributed by atoms with Crippen LogP contribution in [0.2, 0.25) is 0 Å². The fourth-order valence-corrected chi connectivity index (χ4v) is 2.71. The number of carbonyl (C=O) groups excluding carboxylic acids is 2. The molecule has 1 aromatic heterocycles. The molecular weight excluding hydrogens is 401 g/mol. The van der Waals surface area contributed by atoms with Crippen molar-refractivity contribution in [1.29, 1.82) is 0 Å². The Labute approximate surface area is 169 Å². The van der Waals surface area contributed by atoms with Gasteiger partial charge >= 0.3 is 6.18 Å². The highest BCUT2D eigenvalue weighted by Crippen LogP contribution is 2.34. The zero-order chi connectivity index (χ0) is 21.9. The third-order valence-electron chi connectivity index (χ3n) is 4.12. The first-order valence-corrected chi connectivity index (χ1v) is 8.65. The molecule has 3 rings (SSSR count). The Kier molecular flexibility index (Phi) is 5.77. The third-order valence-corrected chi connectivity index (χ3v) is 4.12. The molecule has 2 N–H and O–H groups in total. The molecule has 0 aliphatic heterocycles. The zero-order valence-corrected chi connectivity index (χ0v) is 15.9. The number of amides is 2. The predicted octanol–water partition coefficient (Wildman–Crippen LogP) is 3.95. The van der Waals surface area contributed by atoms with Crippen LogP contribution in [-0.4, -0.2) is 28.7 Å². The van der Waals surface area contributed by atoms with Crippen LogP contribution in [0.4, 0.5) is 24.5 Å². The number of ether oxygens (including phenoxy) is 1. The Balaban J connectivity index is 1.72. The molecule has 0 saturated heterocycles. The lowest BCUT2D eigenvalue weighted by Gasteiger charge is -2.13. The third kappa shape index (κ3) is 4.59. The molecule has 1 heterocycles. The molecule has 2 amide bonds. The number of nitrogens with zero attached hydrogens (tertiary/aromatic N) is 2. The van der Waals surface area contributed by atoms with Gasteiger partial charge in [0.2, 0.25) is 5.88 Å². The molecule has 0 fully saturated rings. The first-order chi connectivity index (χ1) is 14.2. The van der Waals surface area contributed by atoms with Gasteiger partial charge in [-0.1, -0.05) is 12.1 Å². The van der Waals surface area contributed by atoms with Gasteiger partial charge in [0, 0.05) is 24.5 Å². The molecule has 0 atom stereocenters. The van der Waals surface area contributed by atoms with Crippen LogP contribution in [0.3, 0.4) is 0 Å². The largest absolute Gasteiger partial charge is 0.479 e. The Hall–Kier alpha value is -3.82. The van der Waals surface area contributed by atoms with E-state index in [0.29, 0.717) is 5.69 Å². The smallest absolute Gasteiger partial charge is 0.418 e. The number of benzene rings is 2. The van der Waals surface area contributed by atoms with Gasteiger partial charge in [0.1, 0.15) is 5.56 Å². The Morgan fingerprint density at radius 3 is 2.30 bits per heavy atom. The molecule has 10 heteroatoms. The van der Waals surface area contributed by atoms with Crippen LogP contribution < -0.4 is 15.4 Å². The average Bonchev–Trinajstić information content (AvgIpc) is 3.09. The van der Waals surface area contributed by atoms with E-state index in [9.17, 15) is 22.8 Å². The summed E-state index contributed by atoms with van der Waals surface area (Å²) in [6.07, 6.45) is -3.10. The topological polar surface area (TPSA) is 85.2 Å². The van der Waals surface area contributed by atoms with E-state index < -0.39 is 23.6 Å². The summed E-state index contributed by atoms with van der Waals surface area (Å²) < 4.78 is 45.7. The van der Waals surface area contributed by atoms with Crippen LogP contribution in [0, 0.1) is 0 Å². The minimum absolute atomic E-state index is 0.129. The highest BCUT2D eigenvalue weighted by molar-refractivity contribution is 6.07. The lowest BCUT2D eigenvalue weighted by atomic mass is 10.1. The van der Waals surface area contributed by atoms with Crippen LogP contribution in [-0.2, 0) is 13.2 Å². The van der Waals surface area contributed by atoms with Gasteiger partial charge in [-0.15, -0.1) is 5.10 Å². The number of anilines is 2. The Bertz CT molecular complexity index is 1080. The van der Waals surface area contributed by atoms with E-state index in [-0.39, 0.29) is 22.7 Å². The quantitative estimate of drug-likeness (QED) is 0.657. The summed E-state index contributed by atoms with van der Waals surface area (Å²) in [4.78, 5) is 24.7. The zero-order valence-electron chi connectivity index (χ0n) is 15.9. The minimum Gasteiger partial charge on any atom is -0.479 e. The van der Waals surface area contributed by atoms with Crippen molar-refractivity contribution in [2.45, 2.75) is 6.18 Å². The molecule has 3 aromatic rings. The standard InChI is InChI=1S/C20H17F3N4O3/c1-27-11-14(19(26-27)30-2)18(29)24-13-9-7-12(8-10-13)17(28)25-16-6-4-3-5-15(16)20(21,22)23/h3-11H,1-2H3,(H,24,29)(H,25,28).